The van der Waals surface area contributed by atoms with Crippen molar-refractivity contribution in [1.82, 2.24) is 15.5 Å². The minimum atomic E-state index is -0.880. The topological polar surface area (TPSA) is 92.2 Å². The summed E-state index contributed by atoms with van der Waals surface area (Å²) in [5.74, 6) is -1.19. The van der Waals surface area contributed by atoms with Crippen LogP contribution in [-0.2, 0) is 4.79 Å². The van der Waals surface area contributed by atoms with Crippen molar-refractivity contribution in [2.24, 2.45) is 5.92 Å². The summed E-state index contributed by atoms with van der Waals surface area (Å²) in [5, 5.41) is 19.3. The Morgan fingerprint density at radius 2 is 2.05 bits per heavy atom. The van der Waals surface area contributed by atoms with E-state index in [9.17, 15) is 9.59 Å². The number of aliphatic carboxylic acids is 1. The second-order valence-corrected chi connectivity index (χ2v) is 5.40. The first kappa shape index (κ1) is 15.4. The second kappa shape index (κ2) is 7.08. The summed E-state index contributed by atoms with van der Waals surface area (Å²) in [6.07, 6.45) is 0. The van der Waals surface area contributed by atoms with E-state index in [-0.39, 0.29) is 17.5 Å². The molecule has 19 heavy (non-hydrogen) atoms. The van der Waals surface area contributed by atoms with E-state index < -0.39 is 11.2 Å². The van der Waals surface area contributed by atoms with E-state index in [4.69, 9.17) is 5.11 Å². The van der Waals surface area contributed by atoms with Gasteiger partial charge in [-0.2, -0.15) is 0 Å². The normalized spacial score (nSPS) is 12.2. The van der Waals surface area contributed by atoms with Crippen LogP contribution in [0.3, 0.4) is 0 Å². The van der Waals surface area contributed by atoms with Gasteiger partial charge in [0.15, 0.2) is 5.69 Å². The SMILES string of the molecule is CCNC(=O)c1ccc(SC(C(=O)O)C(C)C)nn1. The quantitative estimate of drug-likeness (QED) is 0.767. The fourth-order valence-electron chi connectivity index (χ4n) is 1.36. The number of thioether (sulfide) groups is 1. The van der Waals surface area contributed by atoms with E-state index >= 15 is 0 Å². The molecule has 6 nitrogen and oxygen atoms in total. The van der Waals surface area contributed by atoms with Gasteiger partial charge < -0.3 is 10.4 Å². The highest BCUT2D eigenvalue weighted by atomic mass is 32.2. The van der Waals surface area contributed by atoms with Crippen molar-refractivity contribution >= 4 is 23.6 Å². The maximum absolute atomic E-state index is 11.5. The average molecular weight is 283 g/mol. The van der Waals surface area contributed by atoms with Crippen LogP contribution >= 0.6 is 11.8 Å². The number of carboxylic acid groups (broad SMARTS) is 1. The third kappa shape index (κ3) is 4.51. The zero-order valence-electron chi connectivity index (χ0n) is 11.1. The number of aromatic nitrogens is 2. The summed E-state index contributed by atoms with van der Waals surface area (Å²) < 4.78 is 0. The minimum Gasteiger partial charge on any atom is -0.480 e. The second-order valence-electron chi connectivity index (χ2n) is 4.24. The number of hydrogen-bond acceptors (Lipinski definition) is 5. The Balaban J connectivity index is 2.76. The molecule has 0 aromatic carbocycles. The van der Waals surface area contributed by atoms with Crippen molar-refractivity contribution in [2.45, 2.75) is 31.0 Å². The predicted octanol–water partition coefficient (Wildman–Crippen LogP) is 1.43. The van der Waals surface area contributed by atoms with Gasteiger partial charge in [-0.1, -0.05) is 25.6 Å². The van der Waals surface area contributed by atoms with E-state index in [2.05, 4.69) is 15.5 Å². The third-order valence-corrected chi connectivity index (χ3v) is 3.77. The average Bonchev–Trinajstić information content (AvgIpc) is 2.36. The summed E-state index contributed by atoms with van der Waals surface area (Å²) in [7, 11) is 0. The molecule has 0 fully saturated rings. The first-order chi connectivity index (χ1) is 8.95. The van der Waals surface area contributed by atoms with Crippen LogP contribution in [0.1, 0.15) is 31.3 Å². The van der Waals surface area contributed by atoms with Crippen LogP contribution in [0.2, 0.25) is 0 Å². The molecule has 0 saturated heterocycles. The maximum Gasteiger partial charge on any atom is 0.317 e. The standard InChI is InChI=1S/C12H17N3O3S/c1-4-13-11(16)8-5-6-9(15-14-8)19-10(7(2)3)12(17)18/h5-7,10H,4H2,1-3H3,(H,13,16)(H,17,18). The Labute approximate surface area is 116 Å². The lowest BCUT2D eigenvalue weighted by atomic mass is 10.1. The molecule has 7 heteroatoms. The molecule has 0 bridgehead atoms. The highest BCUT2D eigenvalue weighted by Crippen LogP contribution is 2.26. The van der Waals surface area contributed by atoms with Crippen LogP contribution in [-0.4, -0.2) is 39.0 Å². The molecule has 1 rings (SSSR count). The molecule has 104 valence electrons. The number of carboxylic acids is 1. The smallest absolute Gasteiger partial charge is 0.317 e. The van der Waals surface area contributed by atoms with E-state index in [0.29, 0.717) is 11.6 Å². The third-order valence-electron chi connectivity index (χ3n) is 2.31. The van der Waals surface area contributed by atoms with Crippen molar-refractivity contribution in [2.75, 3.05) is 6.54 Å². The van der Waals surface area contributed by atoms with E-state index in [1.807, 2.05) is 20.8 Å². The lowest BCUT2D eigenvalue weighted by Crippen LogP contribution is -2.24. The molecule has 0 spiro atoms. The number of amides is 1. The number of rotatable bonds is 6. The number of nitrogens with zero attached hydrogens (tertiary/aromatic N) is 2. The van der Waals surface area contributed by atoms with Gasteiger partial charge in [0.05, 0.1) is 0 Å². The van der Waals surface area contributed by atoms with E-state index in [1.54, 1.807) is 12.1 Å². The Bertz CT molecular complexity index is 448. The summed E-state index contributed by atoms with van der Waals surface area (Å²) >= 11 is 1.13. The van der Waals surface area contributed by atoms with Crippen LogP contribution in [0, 0.1) is 5.92 Å². The van der Waals surface area contributed by atoms with Crippen LogP contribution < -0.4 is 5.32 Å². The molecule has 0 saturated carbocycles. The number of carbonyl (C=O) groups is 2. The van der Waals surface area contributed by atoms with Gasteiger partial charge in [0.2, 0.25) is 0 Å². The Morgan fingerprint density at radius 1 is 1.37 bits per heavy atom. The molecule has 0 aliphatic rings. The molecule has 1 aromatic rings. The predicted molar refractivity (Wildman–Crippen MR) is 72.2 cm³/mol. The Morgan fingerprint density at radius 3 is 2.47 bits per heavy atom. The molecule has 1 atom stereocenters. The number of carbonyl (C=O) groups excluding carboxylic acids is 1. The van der Waals surface area contributed by atoms with Gasteiger partial charge in [-0.25, -0.2) is 0 Å². The molecule has 1 aromatic heterocycles. The van der Waals surface area contributed by atoms with Gasteiger partial charge in [0, 0.05) is 6.54 Å². The lowest BCUT2D eigenvalue weighted by Gasteiger charge is -2.14. The fraction of sp³-hybridized carbons (Fsp3) is 0.500. The summed E-state index contributed by atoms with van der Waals surface area (Å²) in [6.45, 7) is 6.01. The van der Waals surface area contributed by atoms with Gasteiger partial charge in [-0.05, 0) is 25.0 Å². The van der Waals surface area contributed by atoms with Gasteiger partial charge in [0.25, 0.3) is 5.91 Å². The van der Waals surface area contributed by atoms with Crippen molar-refractivity contribution in [1.29, 1.82) is 0 Å². The zero-order valence-corrected chi connectivity index (χ0v) is 11.9. The number of hydrogen-bond donors (Lipinski definition) is 2. The molecule has 2 N–H and O–H groups in total. The molecular formula is C12H17N3O3S. The maximum atomic E-state index is 11.5. The van der Waals surface area contributed by atoms with Crippen molar-refractivity contribution in [3.05, 3.63) is 17.8 Å². The lowest BCUT2D eigenvalue weighted by molar-refractivity contribution is -0.137. The van der Waals surface area contributed by atoms with Gasteiger partial charge >= 0.3 is 5.97 Å². The zero-order chi connectivity index (χ0) is 14.4. The van der Waals surface area contributed by atoms with Crippen LogP contribution in [0.15, 0.2) is 17.2 Å². The van der Waals surface area contributed by atoms with Crippen LogP contribution in [0.4, 0.5) is 0 Å². The largest absolute Gasteiger partial charge is 0.480 e. The molecule has 0 radical (unpaired) electrons. The van der Waals surface area contributed by atoms with Gasteiger partial charge in [-0.3, -0.25) is 9.59 Å². The Hall–Kier alpha value is -1.63. The highest BCUT2D eigenvalue weighted by Gasteiger charge is 2.23. The van der Waals surface area contributed by atoms with Gasteiger partial charge in [0.1, 0.15) is 10.3 Å². The summed E-state index contributed by atoms with van der Waals surface area (Å²) in [5.41, 5.74) is 0.225. The monoisotopic (exact) mass is 283 g/mol. The first-order valence-electron chi connectivity index (χ1n) is 5.97. The van der Waals surface area contributed by atoms with E-state index in [1.165, 1.54) is 0 Å². The summed E-state index contributed by atoms with van der Waals surface area (Å²) in [4.78, 5) is 22.6. The first-order valence-corrected chi connectivity index (χ1v) is 6.85. The molecule has 1 unspecified atom stereocenters. The molecule has 1 amide bonds. The molecule has 0 aliphatic heterocycles. The fourth-order valence-corrected chi connectivity index (χ4v) is 2.22. The summed E-state index contributed by atoms with van der Waals surface area (Å²) in [6, 6.07) is 3.15. The van der Waals surface area contributed by atoms with E-state index in [0.717, 1.165) is 11.8 Å². The minimum absolute atomic E-state index is 0.0210. The van der Waals surface area contributed by atoms with Crippen molar-refractivity contribution in [3.63, 3.8) is 0 Å². The van der Waals surface area contributed by atoms with Crippen molar-refractivity contribution < 1.29 is 14.7 Å². The molecular weight excluding hydrogens is 266 g/mol. The van der Waals surface area contributed by atoms with Crippen LogP contribution in [0.25, 0.3) is 0 Å². The van der Waals surface area contributed by atoms with Gasteiger partial charge in [-0.15, -0.1) is 10.2 Å². The van der Waals surface area contributed by atoms with Crippen LogP contribution in [0.5, 0.6) is 0 Å². The highest BCUT2D eigenvalue weighted by molar-refractivity contribution is 8.00. The molecule has 1 heterocycles. The number of nitrogens with one attached hydrogen (secondary N) is 1. The van der Waals surface area contributed by atoms with Crippen molar-refractivity contribution in [3.8, 4) is 0 Å². The molecule has 0 aliphatic carbocycles. The Kier molecular flexibility index (Phi) is 5.75.